The summed E-state index contributed by atoms with van der Waals surface area (Å²) in [6, 6.07) is 3.73. The molecule has 0 N–H and O–H groups in total. The van der Waals surface area contributed by atoms with Gasteiger partial charge in [0.25, 0.3) is 0 Å². The van der Waals surface area contributed by atoms with Gasteiger partial charge in [0.1, 0.15) is 0 Å². The number of carbonyl (C=O) groups is 1. The highest BCUT2D eigenvalue weighted by Gasteiger charge is 2.35. The zero-order valence-electron chi connectivity index (χ0n) is 17.1. The average Bonchev–Trinajstić information content (AvgIpc) is 3.34. The highest BCUT2D eigenvalue weighted by atomic mass is 35.5. The van der Waals surface area contributed by atoms with Crippen LogP contribution in [0.3, 0.4) is 0 Å². The van der Waals surface area contributed by atoms with Gasteiger partial charge in [0.15, 0.2) is 5.13 Å². The predicted octanol–water partition coefficient (Wildman–Crippen LogP) is 3.44. The number of piperidine rings is 1. The van der Waals surface area contributed by atoms with Crippen LogP contribution in [0.25, 0.3) is 10.2 Å². The first-order valence-electron chi connectivity index (χ1n) is 10.2. The quantitative estimate of drug-likeness (QED) is 0.667. The highest BCUT2D eigenvalue weighted by Crippen LogP contribution is 2.35. The second kappa shape index (κ2) is 8.70. The zero-order chi connectivity index (χ0) is 21.5. The molecule has 2 aliphatic heterocycles. The minimum atomic E-state index is -3.33. The van der Waals surface area contributed by atoms with Crippen molar-refractivity contribution in [1.82, 2.24) is 9.29 Å². The van der Waals surface area contributed by atoms with Crippen LogP contribution in [-0.4, -0.2) is 62.2 Å². The first-order chi connectivity index (χ1) is 14.2. The molecule has 2 atom stereocenters. The lowest BCUT2D eigenvalue weighted by molar-refractivity contribution is -0.123. The number of hydrogen-bond acceptors (Lipinski definition) is 6. The van der Waals surface area contributed by atoms with Crippen LogP contribution >= 0.6 is 22.9 Å². The number of fused-ring (bicyclic) bond motifs is 1. The van der Waals surface area contributed by atoms with Crippen LogP contribution in [0.15, 0.2) is 12.1 Å². The molecule has 0 radical (unpaired) electrons. The van der Waals surface area contributed by atoms with E-state index < -0.39 is 10.0 Å². The Morgan fingerprint density at radius 2 is 2.17 bits per heavy atom. The van der Waals surface area contributed by atoms with Crippen LogP contribution in [-0.2, 0) is 19.6 Å². The van der Waals surface area contributed by atoms with Crippen molar-refractivity contribution in [2.24, 2.45) is 5.92 Å². The van der Waals surface area contributed by atoms with E-state index in [4.69, 9.17) is 21.3 Å². The molecular weight excluding hydrogens is 446 g/mol. The number of halogens is 1. The fraction of sp³-hybridized carbons (Fsp3) is 0.600. The van der Waals surface area contributed by atoms with E-state index in [9.17, 15) is 13.2 Å². The molecule has 30 heavy (non-hydrogen) atoms. The van der Waals surface area contributed by atoms with E-state index in [2.05, 4.69) is 0 Å². The summed E-state index contributed by atoms with van der Waals surface area (Å²) in [7, 11) is -3.33. The van der Waals surface area contributed by atoms with Crippen molar-refractivity contribution in [2.75, 3.05) is 37.4 Å². The summed E-state index contributed by atoms with van der Waals surface area (Å²) < 4.78 is 32.2. The Morgan fingerprint density at radius 3 is 2.87 bits per heavy atom. The smallest absolute Gasteiger partial charge is 0.233 e. The van der Waals surface area contributed by atoms with Crippen molar-refractivity contribution in [2.45, 2.75) is 38.7 Å². The summed E-state index contributed by atoms with van der Waals surface area (Å²) in [5.41, 5.74) is 1.80. The van der Waals surface area contributed by atoms with Crippen molar-refractivity contribution in [3.05, 3.63) is 22.7 Å². The van der Waals surface area contributed by atoms with Gasteiger partial charge in [-0.15, -0.1) is 0 Å². The van der Waals surface area contributed by atoms with Gasteiger partial charge in [0.2, 0.25) is 15.9 Å². The van der Waals surface area contributed by atoms with Crippen molar-refractivity contribution in [3.63, 3.8) is 0 Å². The number of thiazole rings is 1. The second-order valence-corrected chi connectivity index (χ2v) is 11.5. The van der Waals surface area contributed by atoms with Crippen LogP contribution in [0, 0.1) is 12.8 Å². The first-order valence-corrected chi connectivity index (χ1v) is 13.2. The molecule has 1 aromatic heterocycles. The number of hydrogen-bond donors (Lipinski definition) is 0. The van der Waals surface area contributed by atoms with E-state index in [-0.39, 0.29) is 24.5 Å². The Balaban J connectivity index is 1.66. The monoisotopic (exact) mass is 471 g/mol. The molecule has 2 fully saturated rings. The molecule has 4 rings (SSSR count). The Hall–Kier alpha value is -1.26. The third-order valence-electron chi connectivity index (χ3n) is 5.75. The van der Waals surface area contributed by atoms with Gasteiger partial charge < -0.3 is 4.74 Å². The molecule has 7 nitrogen and oxygen atoms in total. The van der Waals surface area contributed by atoms with Gasteiger partial charge in [0, 0.05) is 24.7 Å². The number of anilines is 1. The van der Waals surface area contributed by atoms with Gasteiger partial charge in [-0.2, -0.15) is 0 Å². The van der Waals surface area contributed by atoms with E-state index in [1.165, 1.54) is 21.9 Å². The van der Waals surface area contributed by atoms with Crippen LogP contribution in [0.2, 0.25) is 5.02 Å². The highest BCUT2D eigenvalue weighted by molar-refractivity contribution is 7.88. The number of rotatable bonds is 5. The van der Waals surface area contributed by atoms with Crippen molar-refractivity contribution < 1.29 is 17.9 Å². The number of sulfonamides is 1. The number of nitrogens with zero attached hydrogens (tertiary/aromatic N) is 3. The van der Waals surface area contributed by atoms with E-state index in [0.29, 0.717) is 42.7 Å². The number of amides is 1. The van der Waals surface area contributed by atoms with Crippen LogP contribution < -0.4 is 4.90 Å². The van der Waals surface area contributed by atoms with E-state index in [1.807, 2.05) is 19.1 Å². The van der Waals surface area contributed by atoms with Gasteiger partial charge in [0.05, 0.1) is 35.0 Å². The Kier molecular flexibility index (Phi) is 6.37. The minimum absolute atomic E-state index is 0.0275. The molecule has 2 aliphatic rings. The van der Waals surface area contributed by atoms with E-state index in [1.54, 1.807) is 4.90 Å². The molecule has 2 aromatic rings. The number of carbonyl (C=O) groups excluding carboxylic acids is 1. The topological polar surface area (TPSA) is 79.8 Å². The molecule has 0 spiro atoms. The standard InChI is InChI=1S/C20H26ClN3O4S2/c1-13-9-15(21)10-17-18(13)22-20(29-17)24(12-16-6-4-8-28-16)19(25)14-5-3-7-23(11-14)30(2,26)27/h9-10,14,16H,3-8,11-12H2,1-2H3. The number of benzene rings is 1. The zero-order valence-corrected chi connectivity index (χ0v) is 19.5. The molecule has 0 saturated carbocycles. The lowest BCUT2D eigenvalue weighted by Gasteiger charge is -2.33. The van der Waals surface area contributed by atoms with Crippen molar-refractivity contribution in [1.29, 1.82) is 0 Å². The Bertz CT molecular complexity index is 1050. The molecule has 1 amide bonds. The van der Waals surface area contributed by atoms with Crippen molar-refractivity contribution >= 4 is 54.2 Å². The number of aryl methyl sites for hydroxylation is 1. The van der Waals surface area contributed by atoms with Gasteiger partial charge in [-0.3, -0.25) is 9.69 Å². The molecule has 10 heteroatoms. The maximum absolute atomic E-state index is 13.6. The predicted molar refractivity (Wildman–Crippen MR) is 120 cm³/mol. The SMILES string of the molecule is Cc1cc(Cl)cc2sc(N(CC3CCCO3)C(=O)C3CCCN(S(C)(=O)=O)C3)nc12. The molecule has 3 heterocycles. The lowest BCUT2D eigenvalue weighted by atomic mass is 9.98. The summed E-state index contributed by atoms with van der Waals surface area (Å²) in [4.78, 5) is 20.0. The minimum Gasteiger partial charge on any atom is -0.376 e. The molecule has 164 valence electrons. The average molecular weight is 472 g/mol. The molecular formula is C20H26ClN3O4S2. The summed E-state index contributed by atoms with van der Waals surface area (Å²) >= 11 is 7.65. The second-order valence-electron chi connectivity index (χ2n) is 8.11. The fourth-order valence-corrected chi connectivity index (χ4v) is 6.52. The summed E-state index contributed by atoms with van der Waals surface area (Å²) in [5, 5.41) is 1.26. The Morgan fingerprint density at radius 1 is 1.37 bits per heavy atom. The summed E-state index contributed by atoms with van der Waals surface area (Å²) in [6.45, 7) is 3.77. The Labute approximate surface area is 186 Å². The molecule has 2 unspecified atom stereocenters. The normalized spacial score (nSPS) is 23.2. The number of ether oxygens (including phenoxy) is 1. The third kappa shape index (κ3) is 4.65. The van der Waals surface area contributed by atoms with Gasteiger partial charge in [-0.25, -0.2) is 17.7 Å². The first kappa shape index (κ1) is 22.0. The molecule has 1 aromatic carbocycles. The summed E-state index contributed by atoms with van der Waals surface area (Å²) in [5.74, 6) is -0.465. The maximum Gasteiger partial charge on any atom is 0.233 e. The van der Waals surface area contributed by atoms with Gasteiger partial charge in [-0.05, 0) is 50.3 Å². The van der Waals surface area contributed by atoms with Gasteiger partial charge in [-0.1, -0.05) is 22.9 Å². The van der Waals surface area contributed by atoms with Crippen LogP contribution in [0.5, 0.6) is 0 Å². The summed E-state index contributed by atoms with van der Waals surface area (Å²) in [6.07, 6.45) is 4.39. The van der Waals surface area contributed by atoms with Crippen LogP contribution in [0.1, 0.15) is 31.2 Å². The maximum atomic E-state index is 13.6. The van der Waals surface area contributed by atoms with E-state index >= 15 is 0 Å². The van der Waals surface area contributed by atoms with E-state index in [0.717, 1.165) is 28.6 Å². The largest absolute Gasteiger partial charge is 0.376 e. The molecule has 0 aliphatic carbocycles. The lowest BCUT2D eigenvalue weighted by Crippen LogP contribution is -2.48. The van der Waals surface area contributed by atoms with Gasteiger partial charge >= 0.3 is 0 Å². The third-order valence-corrected chi connectivity index (χ3v) is 8.26. The molecule has 2 saturated heterocycles. The number of aromatic nitrogens is 1. The van der Waals surface area contributed by atoms with Crippen LogP contribution in [0.4, 0.5) is 5.13 Å². The fourth-order valence-electron chi connectivity index (χ4n) is 4.18. The molecule has 0 bridgehead atoms. The van der Waals surface area contributed by atoms with Crippen molar-refractivity contribution in [3.8, 4) is 0 Å².